The summed E-state index contributed by atoms with van der Waals surface area (Å²) in [7, 11) is 0. The minimum Gasteiger partial charge on any atom is -0.462 e. The third kappa shape index (κ3) is 48.1. The maximum atomic E-state index is 12.8. The summed E-state index contributed by atoms with van der Waals surface area (Å²) < 4.78 is 16.8. The van der Waals surface area contributed by atoms with Gasteiger partial charge in [0, 0.05) is 19.3 Å². The van der Waals surface area contributed by atoms with Gasteiger partial charge in [-0.1, -0.05) is 216 Å². The Hall–Kier alpha value is -2.89. The number of carbonyl (C=O) groups is 3. The van der Waals surface area contributed by atoms with Gasteiger partial charge in [0.1, 0.15) is 13.2 Å². The van der Waals surface area contributed by atoms with Crippen molar-refractivity contribution in [2.24, 2.45) is 0 Å². The molecule has 62 heavy (non-hydrogen) atoms. The van der Waals surface area contributed by atoms with E-state index in [1.54, 1.807) is 0 Å². The molecule has 0 unspecified atom stereocenters. The van der Waals surface area contributed by atoms with E-state index >= 15 is 0 Å². The van der Waals surface area contributed by atoms with Crippen molar-refractivity contribution >= 4 is 17.9 Å². The third-order valence-electron chi connectivity index (χ3n) is 11.3. The molecule has 0 aromatic rings. The summed E-state index contributed by atoms with van der Waals surface area (Å²) in [4.78, 5) is 38.0. The molecule has 358 valence electrons. The molecule has 0 aliphatic rings. The molecule has 0 aliphatic heterocycles. The van der Waals surface area contributed by atoms with Gasteiger partial charge in [0.2, 0.25) is 0 Å². The largest absolute Gasteiger partial charge is 0.462 e. The van der Waals surface area contributed by atoms with Crippen molar-refractivity contribution in [3.63, 3.8) is 0 Å². The van der Waals surface area contributed by atoms with Gasteiger partial charge in [-0.25, -0.2) is 0 Å². The van der Waals surface area contributed by atoms with Gasteiger partial charge in [-0.05, 0) is 83.5 Å². The Morgan fingerprint density at radius 3 is 1.00 bits per heavy atom. The Morgan fingerprint density at radius 2 is 0.629 bits per heavy atom. The highest BCUT2D eigenvalue weighted by atomic mass is 16.6. The average molecular weight is 867 g/mol. The third-order valence-corrected chi connectivity index (χ3v) is 11.3. The zero-order chi connectivity index (χ0) is 45.1. The molecule has 0 rings (SSSR count). The number of carbonyl (C=O) groups excluding carboxylic acids is 3. The zero-order valence-electron chi connectivity index (χ0n) is 40.9. The quantitative estimate of drug-likeness (QED) is 0.0262. The van der Waals surface area contributed by atoms with Crippen LogP contribution in [-0.4, -0.2) is 37.2 Å². The van der Waals surface area contributed by atoms with Gasteiger partial charge in [0.15, 0.2) is 6.10 Å². The van der Waals surface area contributed by atoms with E-state index in [1.165, 1.54) is 116 Å². The molecule has 0 aliphatic carbocycles. The van der Waals surface area contributed by atoms with Crippen LogP contribution >= 0.6 is 0 Å². The molecule has 6 heteroatoms. The predicted octanol–water partition coefficient (Wildman–Crippen LogP) is 17.3. The first-order valence-corrected chi connectivity index (χ1v) is 26.3. The minimum atomic E-state index is -0.784. The topological polar surface area (TPSA) is 78.9 Å². The number of ether oxygens (including phenoxy) is 3. The lowest BCUT2D eigenvalue weighted by molar-refractivity contribution is -0.167. The van der Waals surface area contributed by atoms with Crippen LogP contribution in [0.5, 0.6) is 0 Å². The highest BCUT2D eigenvalue weighted by Crippen LogP contribution is 2.15. The number of esters is 3. The van der Waals surface area contributed by atoms with E-state index in [9.17, 15) is 14.4 Å². The first-order chi connectivity index (χ1) is 30.5. The summed E-state index contributed by atoms with van der Waals surface area (Å²) >= 11 is 0. The van der Waals surface area contributed by atoms with Crippen LogP contribution in [0.3, 0.4) is 0 Å². The number of rotatable bonds is 47. The lowest BCUT2D eigenvalue weighted by Gasteiger charge is -2.18. The smallest absolute Gasteiger partial charge is 0.306 e. The zero-order valence-corrected chi connectivity index (χ0v) is 40.9. The highest BCUT2D eigenvalue weighted by Gasteiger charge is 2.19. The minimum absolute atomic E-state index is 0.0847. The van der Waals surface area contributed by atoms with Gasteiger partial charge in [-0.2, -0.15) is 0 Å². The molecular weight excluding hydrogens is 769 g/mol. The summed E-state index contributed by atoms with van der Waals surface area (Å²) in [6.07, 6.45) is 62.0. The highest BCUT2D eigenvalue weighted by molar-refractivity contribution is 5.71. The van der Waals surface area contributed by atoms with Crippen molar-refractivity contribution < 1.29 is 28.6 Å². The van der Waals surface area contributed by atoms with Crippen LogP contribution in [0.2, 0.25) is 0 Å². The van der Waals surface area contributed by atoms with Crippen molar-refractivity contribution in [3.8, 4) is 0 Å². The van der Waals surface area contributed by atoms with Gasteiger partial charge in [-0.3, -0.25) is 14.4 Å². The molecule has 0 aromatic carbocycles. The molecule has 6 nitrogen and oxygen atoms in total. The summed E-state index contributed by atoms with van der Waals surface area (Å²) in [6.45, 7) is 6.50. The van der Waals surface area contributed by atoms with Gasteiger partial charge in [-0.15, -0.1) is 0 Å². The molecule has 0 aromatic heterocycles. The van der Waals surface area contributed by atoms with E-state index in [2.05, 4.69) is 81.5 Å². The van der Waals surface area contributed by atoms with Crippen LogP contribution in [0.15, 0.2) is 60.8 Å². The standard InChI is InChI=1S/C56H98O6/c1-4-7-10-13-16-19-22-25-27-28-30-32-35-37-40-43-46-49-55(58)61-52-53(62-56(59)50-47-44-41-38-33-24-21-18-15-12-9-6-3)51-60-54(57)48-45-42-39-36-34-31-29-26-23-20-17-14-11-8-5-2/h7,10,16,19,25-27,29-30,32,53H,4-6,8-9,11-15,17-18,20-24,28,31,33-52H2,1-3H3/b10-7-,19-16-,27-25-,29-26-,32-30-/t53-/m0/s1. The first kappa shape index (κ1) is 59.1. The lowest BCUT2D eigenvalue weighted by atomic mass is 10.0. The van der Waals surface area contributed by atoms with Gasteiger partial charge in [0.25, 0.3) is 0 Å². The summed E-state index contributed by atoms with van der Waals surface area (Å²) in [5.74, 6) is -0.911. The fourth-order valence-electron chi connectivity index (χ4n) is 7.31. The number of hydrogen-bond donors (Lipinski definition) is 0. The molecule has 0 radical (unpaired) electrons. The van der Waals surface area contributed by atoms with Crippen molar-refractivity contribution in [1.29, 1.82) is 0 Å². The number of allylic oxidation sites excluding steroid dienone is 10. The molecule has 0 heterocycles. The van der Waals surface area contributed by atoms with Crippen LogP contribution in [0, 0.1) is 0 Å². The van der Waals surface area contributed by atoms with Crippen LogP contribution in [0.4, 0.5) is 0 Å². The van der Waals surface area contributed by atoms with E-state index in [1.807, 2.05) is 0 Å². The molecular formula is C56H98O6. The molecule has 0 saturated heterocycles. The molecule has 0 N–H and O–H groups in total. The van der Waals surface area contributed by atoms with Crippen molar-refractivity contribution in [3.05, 3.63) is 60.8 Å². The van der Waals surface area contributed by atoms with E-state index in [4.69, 9.17) is 14.2 Å². The second-order valence-electron chi connectivity index (χ2n) is 17.4. The maximum Gasteiger partial charge on any atom is 0.306 e. The Balaban J connectivity index is 4.41. The molecule has 0 fully saturated rings. The van der Waals surface area contributed by atoms with Crippen molar-refractivity contribution in [1.82, 2.24) is 0 Å². The van der Waals surface area contributed by atoms with Crippen molar-refractivity contribution in [2.45, 2.75) is 264 Å². The van der Waals surface area contributed by atoms with Crippen LogP contribution in [0.1, 0.15) is 258 Å². The summed E-state index contributed by atoms with van der Waals surface area (Å²) in [5, 5.41) is 0. The Labute approximate surface area is 383 Å². The van der Waals surface area contributed by atoms with Gasteiger partial charge in [0.05, 0.1) is 0 Å². The van der Waals surface area contributed by atoms with Crippen LogP contribution in [0.25, 0.3) is 0 Å². The Morgan fingerprint density at radius 1 is 0.339 bits per heavy atom. The normalized spacial score (nSPS) is 12.5. The fraction of sp³-hybridized carbons (Fsp3) is 0.768. The monoisotopic (exact) mass is 867 g/mol. The van der Waals surface area contributed by atoms with E-state index < -0.39 is 6.10 Å². The average Bonchev–Trinajstić information content (AvgIpc) is 3.27. The summed E-state index contributed by atoms with van der Waals surface area (Å²) in [6, 6.07) is 0. The summed E-state index contributed by atoms with van der Waals surface area (Å²) in [5.41, 5.74) is 0. The van der Waals surface area contributed by atoms with Crippen LogP contribution < -0.4 is 0 Å². The second kappa shape index (κ2) is 50.8. The second-order valence-corrected chi connectivity index (χ2v) is 17.4. The van der Waals surface area contributed by atoms with Crippen LogP contribution in [-0.2, 0) is 28.6 Å². The SMILES string of the molecule is CC/C=C\C/C=C\C/C=C\C/C=C\CCCCCCC(=O)OC[C@H](COC(=O)CCCCCCC/C=C\CCCCCCCC)OC(=O)CCCCCCCCCCCCCC. The van der Waals surface area contributed by atoms with E-state index in [0.29, 0.717) is 19.3 Å². The van der Waals surface area contributed by atoms with E-state index in [-0.39, 0.29) is 31.1 Å². The molecule has 0 bridgehead atoms. The molecule has 1 atom stereocenters. The predicted molar refractivity (Wildman–Crippen MR) is 265 cm³/mol. The first-order valence-electron chi connectivity index (χ1n) is 26.3. The van der Waals surface area contributed by atoms with Gasteiger partial charge >= 0.3 is 17.9 Å². The maximum absolute atomic E-state index is 12.8. The fourth-order valence-corrected chi connectivity index (χ4v) is 7.31. The lowest BCUT2D eigenvalue weighted by Crippen LogP contribution is -2.30. The van der Waals surface area contributed by atoms with E-state index in [0.717, 1.165) is 103 Å². The Kier molecular flexibility index (Phi) is 48.4. The Bertz CT molecular complexity index is 1130. The van der Waals surface area contributed by atoms with Crippen molar-refractivity contribution in [2.75, 3.05) is 13.2 Å². The van der Waals surface area contributed by atoms with Gasteiger partial charge < -0.3 is 14.2 Å². The molecule has 0 spiro atoms. The molecule has 0 amide bonds. The molecule has 0 saturated carbocycles. The number of unbranched alkanes of at least 4 members (excludes halogenated alkanes) is 26. The number of hydrogen-bond acceptors (Lipinski definition) is 6.